The summed E-state index contributed by atoms with van der Waals surface area (Å²) in [6.07, 6.45) is 6.41. The Labute approximate surface area is 139 Å². The zero-order chi connectivity index (χ0) is 16.5. The summed E-state index contributed by atoms with van der Waals surface area (Å²) in [6.45, 7) is 2.62. The summed E-state index contributed by atoms with van der Waals surface area (Å²) in [5, 5.41) is 4.23. The molecule has 3 aromatic heterocycles. The van der Waals surface area contributed by atoms with Crippen LogP contribution in [0.15, 0.2) is 61.1 Å². The van der Waals surface area contributed by atoms with Crippen LogP contribution in [-0.2, 0) is 6.54 Å². The number of hydrogen-bond donors (Lipinski definition) is 0. The number of nitrogens with zero attached hydrogens (tertiary/aromatic N) is 4. The van der Waals surface area contributed by atoms with Gasteiger partial charge in [0.05, 0.1) is 22.3 Å². The van der Waals surface area contributed by atoms with Gasteiger partial charge in [-0.1, -0.05) is 12.1 Å². The van der Waals surface area contributed by atoms with E-state index in [1.165, 1.54) is 0 Å². The predicted octanol–water partition coefficient (Wildman–Crippen LogP) is 3.39. The van der Waals surface area contributed by atoms with Gasteiger partial charge in [-0.15, -0.1) is 0 Å². The minimum atomic E-state index is 0.627. The molecule has 0 saturated carbocycles. The highest BCUT2D eigenvalue weighted by Gasteiger charge is 2.10. The van der Waals surface area contributed by atoms with Crippen LogP contribution in [0.5, 0.6) is 0 Å². The van der Waals surface area contributed by atoms with Gasteiger partial charge in [-0.3, -0.25) is 9.78 Å². The van der Waals surface area contributed by atoms with Gasteiger partial charge < -0.3 is 4.57 Å². The topological polar surface area (TPSA) is 52.7 Å². The molecule has 4 aromatic rings. The first-order chi connectivity index (χ1) is 11.7. The molecule has 5 heteroatoms. The monoisotopic (exact) mass is 316 g/mol. The number of rotatable bonds is 4. The van der Waals surface area contributed by atoms with Crippen LogP contribution in [0.2, 0.25) is 0 Å². The molecule has 0 amide bonds. The molecule has 24 heavy (non-hydrogen) atoms. The van der Waals surface area contributed by atoms with Crippen LogP contribution in [0.1, 0.15) is 21.6 Å². The van der Waals surface area contributed by atoms with E-state index in [-0.39, 0.29) is 0 Å². The van der Waals surface area contributed by atoms with Gasteiger partial charge in [0.15, 0.2) is 6.29 Å². The molecule has 1 aromatic carbocycles. The Hall–Kier alpha value is -3.21. The number of fused-ring (bicyclic) bond motifs is 1. The number of hydrogen-bond acceptors (Lipinski definition) is 3. The lowest BCUT2D eigenvalue weighted by Crippen LogP contribution is -1.99. The third-order valence-electron chi connectivity index (χ3n) is 4.08. The minimum Gasteiger partial charge on any atom is -0.341 e. The van der Waals surface area contributed by atoms with Gasteiger partial charge in [-0.2, -0.15) is 5.10 Å². The molecular formula is C19H16N4O. The third kappa shape index (κ3) is 2.50. The second-order valence-corrected chi connectivity index (χ2v) is 5.77. The highest BCUT2D eigenvalue weighted by molar-refractivity contribution is 5.95. The van der Waals surface area contributed by atoms with Crippen LogP contribution < -0.4 is 0 Å². The average molecular weight is 316 g/mol. The summed E-state index contributed by atoms with van der Waals surface area (Å²) in [5.41, 5.74) is 5.44. The molecule has 0 radical (unpaired) electrons. The van der Waals surface area contributed by atoms with E-state index in [1.807, 2.05) is 54.3 Å². The highest BCUT2D eigenvalue weighted by atomic mass is 16.1. The lowest BCUT2D eigenvalue weighted by molar-refractivity contribution is 0.112. The van der Waals surface area contributed by atoms with Gasteiger partial charge in [0.1, 0.15) is 0 Å². The van der Waals surface area contributed by atoms with Crippen molar-refractivity contribution in [3.8, 4) is 5.69 Å². The Balaban J connectivity index is 1.68. The van der Waals surface area contributed by atoms with Gasteiger partial charge in [-0.05, 0) is 42.8 Å². The van der Waals surface area contributed by atoms with E-state index in [1.54, 1.807) is 6.20 Å². The van der Waals surface area contributed by atoms with Crippen molar-refractivity contribution in [2.45, 2.75) is 13.5 Å². The number of pyridine rings is 1. The number of carbonyl (C=O) groups excluding carboxylic acids is 1. The summed E-state index contributed by atoms with van der Waals surface area (Å²) in [7, 11) is 0. The van der Waals surface area contributed by atoms with Crippen LogP contribution in [0.3, 0.4) is 0 Å². The van der Waals surface area contributed by atoms with Gasteiger partial charge in [0.25, 0.3) is 0 Å². The zero-order valence-corrected chi connectivity index (χ0v) is 13.3. The van der Waals surface area contributed by atoms with E-state index < -0.39 is 0 Å². The van der Waals surface area contributed by atoms with Crippen molar-refractivity contribution in [2.75, 3.05) is 0 Å². The molecule has 5 nitrogen and oxygen atoms in total. The highest BCUT2D eigenvalue weighted by Crippen LogP contribution is 2.20. The molecule has 0 unspecified atom stereocenters. The van der Waals surface area contributed by atoms with Gasteiger partial charge in [-0.25, -0.2) is 4.68 Å². The van der Waals surface area contributed by atoms with Gasteiger partial charge in [0, 0.05) is 30.8 Å². The lowest BCUT2D eigenvalue weighted by atomic mass is 10.2. The largest absolute Gasteiger partial charge is 0.341 e. The van der Waals surface area contributed by atoms with Crippen LogP contribution in [0.25, 0.3) is 16.7 Å². The first-order valence-corrected chi connectivity index (χ1v) is 7.75. The minimum absolute atomic E-state index is 0.627. The SMILES string of the molecule is Cc1ccc2c(n1)c(C=O)cn2Cc1ccc(-n2cccn2)cc1. The fourth-order valence-electron chi connectivity index (χ4n) is 2.88. The molecule has 0 aliphatic carbocycles. The number of aromatic nitrogens is 4. The molecule has 3 heterocycles. The smallest absolute Gasteiger partial charge is 0.153 e. The molecule has 4 rings (SSSR count). The number of carbonyl (C=O) groups is 1. The van der Waals surface area contributed by atoms with E-state index in [0.717, 1.165) is 34.3 Å². The van der Waals surface area contributed by atoms with Crippen LogP contribution in [-0.4, -0.2) is 25.6 Å². The fourth-order valence-corrected chi connectivity index (χ4v) is 2.88. The Morgan fingerprint density at radius 3 is 2.67 bits per heavy atom. The molecule has 0 bridgehead atoms. The maximum Gasteiger partial charge on any atom is 0.153 e. The Kier molecular flexibility index (Phi) is 3.46. The lowest BCUT2D eigenvalue weighted by Gasteiger charge is -2.07. The fraction of sp³-hybridized carbons (Fsp3) is 0.105. The molecule has 0 spiro atoms. The summed E-state index contributed by atoms with van der Waals surface area (Å²) >= 11 is 0. The van der Waals surface area contributed by atoms with Crippen molar-refractivity contribution in [3.63, 3.8) is 0 Å². The molecular weight excluding hydrogens is 300 g/mol. The molecule has 0 atom stereocenters. The average Bonchev–Trinajstić information content (AvgIpc) is 3.24. The third-order valence-corrected chi connectivity index (χ3v) is 4.08. The normalized spacial score (nSPS) is 11.0. The summed E-state index contributed by atoms with van der Waals surface area (Å²) < 4.78 is 3.89. The van der Waals surface area contributed by atoms with Crippen molar-refractivity contribution in [3.05, 3.63) is 77.9 Å². The van der Waals surface area contributed by atoms with Crippen molar-refractivity contribution in [2.24, 2.45) is 0 Å². The van der Waals surface area contributed by atoms with Crippen molar-refractivity contribution in [1.82, 2.24) is 19.3 Å². The van der Waals surface area contributed by atoms with Crippen LogP contribution in [0.4, 0.5) is 0 Å². The van der Waals surface area contributed by atoms with E-state index in [2.05, 4.69) is 26.8 Å². The number of aldehydes is 1. The van der Waals surface area contributed by atoms with E-state index in [4.69, 9.17) is 0 Å². The Morgan fingerprint density at radius 1 is 1.12 bits per heavy atom. The molecule has 118 valence electrons. The summed E-state index contributed by atoms with van der Waals surface area (Å²) in [5.74, 6) is 0. The first kappa shape index (κ1) is 14.4. The second kappa shape index (κ2) is 5.77. The maximum absolute atomic E-state index is 11.3. The first-order valence-electron chi connectivity index (χ1n) is 7.75. The summed E-state index contributed by atoms with van der Waals surface area (Å²) in [4.78, 5) is 15.8. The van der Waals surface area contributed by atoms with Crippen molar-refractivity contribution in [1.29, 1.82) is 0 Å². The summed E-state index contributed by atoms with van der Waals surface area (Å²) in [6, 6.07) is 14.1. The molecule has 0 aliphatic rings. The standard InChI is InChI=1S/C19H16N4O/c1-14-3-8-18-19(21-14)16(13-24)12-22(18)11-15-4-6-17(7-5-15)23-10-2-9-20-23/h2-10,12-13H,11H2,1H3. The van der Waals surface area contributed by atoms with Crippen LogP contribution in [0, 0.1) is 6.92 Å². The van der Waals surface area contributed by atoms with E-state index in [9.17, 15) is 4.79 Å². The van der Waals surface area contributed by atoms with E-state index >= 15 is 0 Å². The predicted molar refractivity (Wildman–Crippen MR) is 92.5 cm³/mol. The molecule has 0 saturated heterocycles. The maximum atomic E-state index is 11.3. The number of aryl methyl sites for hydroxylation is 1. The molecule has 0 N–H and O–H groups in total. The zero-order valence-electron chi connectivity index (χ0n) is 13.3. The molecule has 0 fully saturated rings. The van der Waals surface area contributed by atoms with Crippen molar-refractivity contribution >= 4 is 17.3 Å². The van der Waals surface area contributed by atoms with Gasteiger partial charge >= 0.3 is 0 Å². The van der Waals surface area contributed by atoms with Gasteiger partial charge in [0.2, 0.25) is 0 Å². The second-order valence-electron chi connectivity index (χ2n) is 5.77. The van der Waals surface area contributed by atoms with Crippen LogP contribution >= 0.6 is 0 Å². The quantitative estimate of drug-likeness (QED) is 0.542. The Bertz CT molecular complexity index is 998. The van der Waals surface area contributed by atoms with E-state index in [0.29, 0.717) is 12.1 Å². The number of benzene rings is 1. The molecule has 0 aliphatic heterocycles. The van der Waals surface area contributed by atoms with Crippen molar-refractivity contribution < 1.29 is 4.79 Å². The Morgan fingerprint density at radius 2 is 1.96 bits per heavy atom.